The molecule has 0 radical (unpaired) electrons. The average molecular weight is 216 g/mol. The van der Waals surface area contributed by atoms with Crippen molar-refractivity contribution in [2.75, 3.05) is 11.1 Å². The predicted molar refractivity (Wildman–Crippen MR) is 63.9 cm³/mol. The van der Waals surface area contributed by atoms with Crippen molar-refractivity contribution in [3.63, 3.8) is 0 Å². The third-order valence-electron chi connectivity index (χ3n) is 2.99. The lowest BCUT2D eigenvalue weighted by Crippen LogP contribution is -2.22. The molecule has 0 atom stereocenters. The number of nitrogens with zero attached hydrogens (tertiary/aromatic N) is 2. The van der Waals surface area contributed by atoms with Crippen molar-refractivity contribution in [3.8, 4) is 6.07 Å². The number of nitriles is 1. The fraction of sp³-hybridized carbons (Fsp3) is 0.500. The second kappa shape index (κ2) is 4.84. The average Bonchev–Trinajstić information content (AvgIpc) is 2.33. The highest BCUT2D eigenvalue weighted by molar-refractivity contribution is 5.54. The largest absolute Gasteiger partial charge is 0.396 e. The molecule has 1 aromatic heterocycles. The van der Waals surface area contributed by atoms with E-state index in [0.29, 0.717) is 17.4 Å². The summed E-state index contributed by atoms with van der Waals surface area (Å²) in [5.74, 6) is 0.762. The van der Waals surface area contributed by atoms with Crippen LogP contribution in [0.5, 0.6) is 0 Å². The first-order valence-electron chi connectivity index (χ1n) is 5.73. The van der Waals surface area contributed by atoms with Gasteiger partial charge in [-0.25, -0.2) is 4.98 Å². The predicted octanol–water partition coefficient (Wildman–Crippen LogP) is 2.28. The van der Waals surface area contributed by atoms with Crippen LogP contribution >= 0.6 is 0 Å². The van der Waals surface area contributed by atoms with Crippen LogP contribution in [-0.2, 0) is 0 Å². The molecule has 16 heavy (non-hydrogen) atoms. The molecular formula is C12H16N4. The first kappa shape index (κ1) is 10.7. The van der Waals surface area contributed by atoms with Gasteiger partial charge in [0.25, 0.3) is 0 Å². The van der Waals surface area contributed by atoms with E-state index in [0.717, 1.165) is 5.82 Å². The van der Waals surface area contributed by atoms with Gasteiger partial charge < -0.3 is 11.1 Å². The minimum absolute atomic E-state index is 0.306. The lowest BCUT2D eigenvalue weighted by Gasteiger charge is -2.23. The van der Waals surface area contributed by atoms with Crippen LogP contribution in [0, 0.1) is 11.3 Å². The summed E-state index contributed by atoms with van der Waals surface area (Å²) < 4.78 is 0. The molecule has 3 N–H and O–H groups in total. The zero-order valence-electron chi connectivity index (χ0n) is 9.24. The van der Waals surface area contributed by atoms with E-state index in [4.69, 9.17) is 11.0 Å². The van der Waals surface area contributed by atoms with Gasteiger partial charge in [0.15, 0.2) is 5.69 Å². The molecule has 0 spiro atoms. The van der Waals surface area contributed by atoms with Gasteiger partial charge in [-0.2, -0.15) is 5.26 Å². The third kappa shape index (κ3) is 2.43. The van der Waals surface area contributed by atoms with Crippen LogP contribution in [0.2, 0.25) is 0 Å². The van der Waals surface area contributed by atoms with Crippen LogP contribution < -0.4 is 11.1 Å². The highest BCUT2D eigenvalue weighted by Crippen LogP contribution is 2.21. The Kier molecular flexibility index (Phi) is 3.25. The van der Waals surface area contributed by atoms with Crippen LogP contribution in [0.15, 0.2) is 12.1 Å². The van der Waals surface area contributed by atoms with Crippen molar-refractivity contribution in [1.29, 1.82) is 5.26 Å². The van der Waals surface area contributed by atoms with Crippen molar-refractivity contribution in [2.45, 2.75) is 38.1 Å². The molecule has 1 aromatic rings. The van der Waals surface area contributed by atoms with Crippen LogP contribution in [0.25, 0.3) is 0 Å². The number of nitrogens with one attached hydrogen (secondary N) is 1. The van der Waals surface area contributed by atoms with Crippen molar-refractivity contribution in [1.82, 2.24) is 4.98 Å². The fourth-order valence-corrected chi connectivity index (χ4v) is 2.10. The minimum atomic E-state index is 0.306. The van der Waals surface area contributed by atoms with E-state index < -0.39 is 0 Å². The van der Waals surface area contributed by atoms with E-state index in [1.165, 1.54) is 32.1 Å². The minimum Gasteiger partial charge on any atom is -0.396 e. The Balaban J connectivity index is 2.06. The van der Waals surface area contributed by atoms with E-state index in [1.54, 1.807) is 6.07 Å². The van der Waals surface area contributed by atoms with E-state index >= 15 is 0 Å². The van der Waals surface area contributed by atoms with E-state index in [9.17, 15) is 0 Å². The number of hydrogen-bond donors (Lipinski definition) is 2. The number of hydrogen-bond acceptors (Lipinski definition) is 4. The van der Waals surface area contributed by atoms with Crippen molar-refractivity contribution < 1.29 is 0 Å². The molecule has 84 valence electrons. The molecule has 4 nitrogen and oxygen atoms in total. The summed E-state index contributed by atoms with van der Waals surface area (Å²) >= 11 is 0. The monoisotopic (exact) mass is 216 g/mol. The number of nitrogens with two attached hydrogens (primary N) is 1. The van der Waals surface area contributed by atoms with Crippen LogP contribution in [0.3, 0.4) is 0 Å². The van der Waals surface area contributed by atoms with Gasteiger partial charge in [-0.3, -0.25) is 0 Å². The summed E-state index contributed by atoms with van der Waals surface area (Å²) in [6.45, 7) is 0. The van der Waals surface area contributed by atoms with E-state index in [2.05, 4.69) is 10.3 Å². The lowest BCUT2D eigenvalue weighted by molar-refractivity contribution is 0.462. The Morgan fingerprint density at radius 2 is 2.06 bits per heavy atom. The highest BCUT2D eigenvalue weighted by Gasteiger charge is 2.13. The van der Waals surface area contributed by atoms with E-state index in [-0.39, 0.29) is 0 Å². The molecule has 1 saturated carbocycles. The Labute approximate surface area is 95.5 Å². The maximum atomic E-state index is 8.83. The summed E-state index contributed by atoms with van der Waals surface area (Å²) in [4.78, 5) is 4.19. The topological polar surface area (TPSA) is 74.7 Å². The van der Waals surface area contributed by atoms with Crippen molar-refractivity contribution in [3.05, 3.63) is 17.8 Å². The summed E-state index contributed by atoms with van der Waals surface area (Å²) in [5, 5.41) is 12.2. The normalized spacial score (nSPS) is 16.7. The highest BCUT2D eigenvalue weighted by atomic mass is 15.0. The Hall–Kier alpha value is -1.76. The number of pyridine rings is 1. The third-order valence-corrected chi connectivity index (χ3v) is 2.99. The van der Waals surface area contributed by atoms with Crippen LogP contribution in [-0.4, -0.2) is 11.0 Å². The van der Waals surface area contributed by atoms with Gasteiger partial charge in [0.2, 0.25) is 0 Å². The Morgan fingerprint density at radius 1 is 1.31 bits per heavy atom. The molecule has 1 aliphatic carbocycles. The summed E-state index contributed by atoms with van der Waals surface area (Å²) in [6, 6.07) is 6.06. The molecule has 0 aliphatic heterocycles. The van der Waals surface area contributed by atoms with Crippen molar-refractivity contribution in [2.24, 2.45) is 0 Å². The zero-order valence-corrected chi connectivity index (χ0v) is 9.24. The quantitative estimate of drug-likeness (QED) is 0.795. The zero-order chi connectivity index (χ0) is 11.4. The van der Waals surface area contributed by atoms with Gasteiger partial charge in [0, 0.05) is 6.04 Å². The molecule has 0 amide bonds. The number of aromatic nitrogens is 1. The molecule has 0 saturated heterocycles. The van der Waals surface area contributed by atoms with Gasteiger partial charge in [-0.05, 0) is 25.0 Å². The molecule has 0 bridgehead atoms. The van der Waals surface area contributed by atoms with Gasteiger partial charge in [-0.1, -0.05) is 19.3 Å². The summed E-state index contributed by atoms with van der Waals surface area (Å²) in [7, 11) is 0. The fourth-order valence-electron chi connectivity index (χ4n) is 2.10. The standard InChI is InChI=1S/C12H16N4/c13-8-11-10(14)6-7-12(16-11)15-9-4-2-1-3-5-9/h6-7,9H,1-5,14H2,(H,15,16). The molecule has 0 aromatic carbocycles. The molecule has 1 aliphatic rings. The van der Waals surface area contributed by atoms with Crippen LogP contribution in [0.1, 0.15) is 37.8 Å². The second-order valence-electron chi connectivity index (χ2n) is 4.23. The van der Waals surface area contributed by atoms with Crippen LogP contribution in [0.4, 0.5) is 11.5 Å². The Morgan fingerprint density at radius 3 is 2.75 bits per heavy atom. The van der Waals surface area contributed by atoms with Gasteiger partial charge in [0.05, 0.1) is 5.69 Å². The number of rotatable bonds is 2. The first-order chi connectivity index (χ1) is 7.79. The first-order valence-corrected chi connectivity index (χ1v) is 5.73. The SMILES string of the molecule is N#Cc1nc(NC2CCCCC2)ccc1N. The molecule has 1 fully saturated rings. The number of nitrogen functional groups attached to an aromatic ring is 1. The molecule has 0 unspecified atom stereocenters. The van der Waals surface area contributed by atoms with E-state index in [1.807, 2.05) is 12.1 Å². The number of anilines is 2. The van der Waals surface area contributed by atoms with Crippen molar-refractivity contribution >= 4 is 11.5 Å². The van der Waals surface area contributed by atoms with Gasteiger partial charge in [0.1, 0.15) is 11.9 Å². The van der Waals surface area contributed by atoms with Gasteiger partial charge >= 0.3 is 0 Å². The Bertz CT molecular complexity index is 402. The molecule has 1 heterocycles. The summed E-state index contributed by atoms with van der Waals surface area (Å²) in [5.41, 5.74) is 6.37. The second-order valence-corrected chi connectivity index (χ2v) is 4.23. The smallest absolute Gasteiger partial charge is 0.165 e. The van der Waals surface area contributed by atoms with Gasteiger partial charge in [-0.15, -0.1) is 0 Å². The molecule has 4 heteroatoms. The summed E-state index contributed by atoms with van der Waals surface area (Å²) in [6.07, 6.45) is 6.26. The molecular weight excluding hydrogens is 200 g/mol. The maximum absolute atomic E-state index is 8.83. The molecule has 2 rings (SSSR count). The maximum Gasteiger partial charge on any atom is 0.165 e. The lowest BCUT2D eigenvalue weighted by atomic mass is 9.95.